The van der Waals surface area contributed by atoms with E-state index in [-0.39, 0.29) is 6.04 Å². The maximum atomic E-state index is 8.01. The number of rotatable bonds is 5. The highest BCUT2D eigenvalue weighted by molar-refractivity contribution is 5.90. The molecule has 2 fully saturated rings. The van der Waals surface area contributed by atoms with Gasteiger partial charge in [0.2, 0.25) is 0 Å². The molecule has 0 aromatic carbocycles. The molecular formula is C22H30N8O. The Hall–Kier alpha value is -2.93. The average molecular weight is 423 g/mol. The van der Waals surface area contributed by atoms with Gasteiger partial charge in [0.1, 0.15) is 11.6 Å². The van der Waals surface area contributed by atoms with E-state index in [0.29, 0.717) is 43.0 Å². The van der Waals surface area contributed by atoms with Gasteiger partial charge in [-0.2, -0.15) is 5.10 Å². The lowest BCUT2D eigenvalue weighted by atomic mass is 10.1. The van der Waals surface area contributed by atoms with E-state index in [1.807, 2.05) is 12.1 Å². The minimum atomic E-state index is 0.216. The number of aromatic nitrogens is 3. The van der Waals surface area contributed by atoms with Crippen molar-refractivity contribution in [2.45, 2.75) is 25.9 Å². The molecule has 31 heavy (non-hydrogen) atoms. The van der Waals surface area contributed by atoms with Crippen LogP contribution in [0.2, 0.25) is 0 Å². The van der Waals surface area contributed by atoms with Crippen LogP contribution in [0.25, 0.3) is 0 Å². The number of nitrogens with zero attached hydrogens (tertiary/aromatic N) is 4. The number of anilines is 3. The van der Waals surface area contributed by atoms with Gasteiger partial charge in [0.05, 0.1) is 31.4 Å². The Bertz CT molecular complexity index is 948. The Balaban J connectivity index is 1.65. The second-order valence-corrected chi connectivity index (χ2v) is 8.03. The van der Waals surface area contributed by atoms with Crippen molar-refractivity contribution in [2.24, 2.45) is 0 Å². The third-order valence-corrected chi connectivity index (χ3v) is 5.58. The lowest BCUT2D eigenvalue weighted by Gasteiger charge is -2.34. The molecule has 0 radical (unpaired) electrons. The number of piperazine rings is 1. The van der Waals surface area contributed by atoms with Crippen LogP contribution in [0.5, 0.6) is 0 Å². The topological polar surface area (TPSA) is 105 Å². The molecule has 0 saturated carbocycles. The first-order valence-corrected chi connectivity index (χ1v) is 10.8. The van der Waals surface area contributed by atoms with Crippen LogP contribution in [0.4, 0.5) is 17.5 Å². The molecule has 0 amide bonds. The predicted molar refractivity (Wildman–Crippen MR) is 122 cm³/mol. The lowest BCUT2D eigenvalue weighted by Crippen LogP contribution is -2.49. The third kappa shape index (κ3) is 5.22. The van der Waals surface area contributed by atoms with Gasteiger partial charge in [-0.1, -0.05) is 11.8 Å². The van der Waals surface area contributed by atoms with Crippen molar-refractivity contribution in [2.75, 3.05) is 56.2 Å². The average Bonchev–Trinajstić information content (AvgIpc) is 3.27. The second kappa shape index (κ2) is 9.92. The molecule has 0 bridgehead atoms. The molecule has 2 saturated heterocycles. The zero-order valence-corrected chi connectivity index (χ0v) is 18.1. The van der Waals surface area contributed by atoms with Crippen molar-refractivity contribution in [3.63, 3.8) is 0 Å². The van der Waals surface area contributed by atoms with Crippen LogP contribution in [-0.2, 0) is 4.74 Å². The van der Waals surface area contributed by atoms with E-state index in [9.17, 15) is 0 Å². The SMILES string of the molecule is CC1CN(CC#Cc2cc(N3CCOC[C@H]3C)nc(Nc3cc[nH]n3)c2C=N)CCN1. The van der Waals surface area contributed by atoms with Crippen molar-refractivity contribution in [3.8, 4) is 11.8 Å². The first kappa shape index (κ1) is 21.3. The summed E-state index contributed by atoms with van der Waals surface area (Å²) < 4.78 is 5.59. The van der Waals surface area contributed by atoms with Gasteiger partial charge >= 0.3 is 0 Å². The van der Waals surface area contributed by atoms with Crippen molar-refractivity contribution in [1.82, 2.24) is 25.4 Å². The van der Waals surface area contributed by atoms with Gasteiger partial charge in [0.25, 0.3) is 0 Å². The number of morpholine rings is 1. The summed E-state index contributed by atoms with van der Waals surface area (Å²) in [7, 11) is 0. The minimum absolute atomic E-state index is 0.216. The second-order valence-electron chi connectivity index (χ2n) is 8.03. The Labute approximate surface area is 183 Å². The largest absolute Gasteiger partial charge is 0.377 e. The summed E-state index contributed by atoms with van der Waals surface area (Å²) in [5.74, 6) is 8.69. The van der Waals surface area contributed by atoms with Crippen LogP contribution in [0.3, 0.4) is 0 Å². The Morgan fingerprint density at radius 2 is 2.29 bits per heavy atom. The molecule has 1 unspecified atom stereocenters. The van der Waals surface area contributed by atoms with Crippen LogP contribution in [-0.4, -0.2) is 84.3 Å². The number of hydrogen-bond donors (Lipinski definition) is 4. The lowest BCUT2D eigenvalue weighted by molar-refractivity contribution is 0.0985. The summed E-state index contributed by atoms with van der Waals surface area (Å²) in [4.78, 5) is 9.42. The number of nitrogens with one attached hydrogen (secondary N) is 4. The first-order valence-electron chi connectivity index (χ1n) is 10.8. The van der Waals surface area contributed by atoms with Gasteiger partial charge in [-0.05, 0) is 19.9 Å². The fourth-order valence-corrected chi connectivity index (χ4v) is 3.95. The molecule has 2 aromatic rings. The van der Waals surface area contributed by atoms with Crippen LogP contribution in [0.15, 0.2) is 18.3 Å². The molecule has 9 heteroatoms. The maximum Gasteiger partial charge on any atom is 0.153 e. The zero-order chi connectivity index (χ0) is 21.6. The fraction of sp³-hybridized carbons (Fsp3) is 0.500. The van der Waals surface area contributed by atoms with Gasteiger partial charge in [-0.3, -0.25) is 10.00 Å². The van der Waals surface area contributed by atoms with Crippen molar-refractivity contribution in [3.05, 3.63) is 29.5 Å². The number of hydrogen-bond acceptors (Lipinski definition) is 8. The van der Waals surface area contributed by atoms with Crippen LogP contribution < -0.4 is 15.5 Å². The van der Waals surface area contributed by atoms with Crippen molar-refractivity contribution >= 4 is 23.7 Å². The fourth-order valence-electron chi connectivity index (χ4n) is 3.95. The third-order valence-electron chi connectivity index (χ3n) is 5.58. The molecule has 4 N–H and O–H groups in total. The van der Waals surface area contributed by atoms with Gasteiger partial charge in [-0.25, -0.2) is 4.98 Å². The highest BCUT2D eigenvalue weighted by atomic mass is 16.5. The Morgan fingerprint density at radius 1 is 1.39 bits per heavy atom. The number of ether oxygens (including phenoxy) is 1. The molecule has 0 spiro atoms. The molecule has 2 atom stereocenters. The van der Waals surface area contributed by atoms with E-state index in [1.165, 1.54) is 6.21 Å². The molecule has 4 heterocycles. The summed E-state index contributed by atoms with van der Waals surface area (Å²) in [6.45, 7) is 10.1. The standard InChI is InChI=1S/C22H30N8O/c1-16-14-29(9-7-24-16)8-3-4-18-12-21(30-10-11-31-15-17(30)2)27-22(19(18)13-23)26-20-5-6-25-28-20/h5-6,12-13,16-17,23-24H,7-11,14-15H2,1-2H3,(H2,25,26,27,28)/t16?,17-/m1/s1. The Kier molecular flexibility index (Phi) is 6.82. The quantitative estimate of drug-likeness (QED) is 0.427. The summed E-state index contributed by atoms with van der Waals surface area (Å²) in [5, 5.41) is 21.7. The molecular weight excluding hydrogens is 392 g/mol. The van der Waals surface area contributed by atoms with E-state index in [0.717, 1.165) is 37.6 Å². The normalized spacial score (nSPS) is 21.9. The number of aromatic amines is 1. The number of pyridine rings is 1. The van der Waals surface area contributed by atoms with E-state index in [2.05, 4.69) is 56.3 Å². The predicted octanol–water partition coefficient (Wildman–Crippen LogP) is 1.42. The van der Waals surface area contributed by atoms with E-state index in [1.54, 1.807) is 6.20 Å². The van der Waals surface area contributed by atoms with E-state index in [4.69, 9.17) is 15.1 Å². The summed E-state index contributed by atoms with van der Waals surface area (Å²) >= 11 is 0. The van der Waals surface area contributed by atoms with Gasteiger partial charge in [0, 0.05) is 56.3 Å². The molecule has 2 aromatic heterocycles. The number of H-pyrrole nitrogens is 1. The summed E-state index contributed by atoms with van der Waals surface area (Å²) in [6.07, 6.45) is 3.06. The minimum Gasteiger partial charge on any atom is -0.377 e. The smallest absolute Gasteiger partial charge is 0.153 e. The molecule has 0 aliphatic carbocycles. The van der Waals surface area contributed by atoms with Gasteiger partial charge < -0.3 is 25.7 Å². The van der Waals surface area contributed by atoms with Crippen LogP contribution in [0.1, 0.15) is 25.0 Å². The van der Waals surface area contributed by atoms with E-state index < -0.39 is 0 Å². The summed E-state index contributed by atoms with van der Waals surface area (Å²) in [5.41, 5.74) is 1.45. The summed E-state index contributed by atoms with van der Waals surface area (Å²) in [6, 6.07) is 4.52. The monoisotopic (exact) mass is 422 g/mol. The zero-order valence-electron chi connectivity index (χ0n) is 18.1. The van der Waals surface area contributed by atoms with Crippen molar-refractivity contribution in [1.29, 1.82) is 5.41 Å². The molecule has 2 aliphatic heterocycles. The van der Waals surface area contributed by atoms with E-state index >= 15 is 0 Å². The van der Waals surface area contributed by atoms with Crippen LogP contribution in [0, 0.1) is 17.3 Å². The first-order chi connectivity index (χ1) is 15.1. The Morgan fingerprint density at radius 3 is 3.03 bits per heavy atom. The molecule has 9 nitrogen and oxygen atoms in total. The molecule has 4 rings (SSSR count). The van der Waals surface area contributed by atoms with Crippen molar-refractivity contribution < 1.29 is 4.74 Å². The highest BCUT2D eigenvalue weighted by Crippen LogP contribution is 2.26. The highest BCUT2D eigenvalue weighted by Gasteiger charge is 2.22. The molecule has 164 valence electrons. The van der Waals surface area contributed by atoms with Crippen LogP contribution >= 0.6 is 0 Å². The van der Waals surface area contributed by atoms with Gasteiger partial charge in [0.15, 0.2) is 5.82 Å². The van der Waals surface area contributed by atoms with Gasteiger partial charge in [-0.15, -0.1) is 0 Å². The molecule has 2 aliphatic rings. The maximum absolute atomic E-state index is 8.01.